The van der Waals surface area contributed by atoms with Crippen molar-refractivity contribution in [3.05, 3.63) is 23.8 Å². The Morgan fingerprint density at radius 2 is 2.21 bits per heavy atom. The minimum atomic E-state index is 0.572. The Labute approximate surface area is 116 Å². The van der Waals surface area contributed by atoms with Crippen LogP contribution in [0.2, 0.25) is 0 Å². The molecule has 1 aromatic rings. The number of nitrogens with two attached hydrogens (primary N) is 1. The molecular weight excluding hydrogens is 238 g/mol. The predicted molar refractivity (Wildman–Crippen MR) is 79.8 cm³/mol. The molecule has 1 aliphatic heterocycles. The number of methoxy groups -OCH3 is 1. The van der Waals surface area contributed by atoms with Gasteiger partial charge in [-0.1, -0.05) is 6.07 Å². The monoisotopic (exact) mass is 263 g/mol. The van der Waals surface area contributed by atoms with Gasteiger partial charge in [-0.3, -0.25) is 0 Å². The molecule has 1 heterocycles. The van der Waals surface area contributed by atoms with Gasteiger partial charge in [-0.2, -0.15) is 0 Å². The molecular formula is C15H25N3O. The van der Waals surface area contributed by atoms with E-state index >= 15 is 0 Å². The molecule has 1 unspecified atom stereocenters. The highest BCUT2D eigenvalue weighted by atomic mass is 16.5. The summed E-state index contributed by atoms with van der Waals surface area (Å²) >= 11 is 0. The van der Waals surface area contributed by atoms with Crippen molar-refractivity contribution in [1.29, 1.82) is 0 Å². The van der Waals surface area contributed by atoms with Crippen molar-refractivity contribution in [2.45, 2.75) is 25.4 Å². The lowest BCUT2D eigenvalue weighted by molar-refractivity contribution is 0.258. The van der Waals surface area contributed by atoms with Crippen LogP contribution in [-0.4, -0.2) is 45.2 Å². The first-order valence-corrected chi connectivity index (χ1v) is 6.94. The summed E-state index contributed by atoms with van der Waals surface area (Å²) in [6.07, 6.45) is 2.50. The number of likely N-dealkylation sites (N-methyl/N-ethyl adjacent to an activating group) is 1. The number of anilines is 1. The van der Waals surface area contributed by atoms with E-state index in [0.717, 1.165) is 18.8 Å². The zero-order valence-corrected chi connectivity index (χ0v) is 12.2. The lowest BCUT2D eigenvalue weighted by Gasteiger charge is -2.38. The second-order valence-electron chi connectivity index (χ2n) is 5.40. The molecule has 2 N–H and O–H groups in total. The normalized spacial score (nSPS) is 19.8. The van der Waals surface area contributed by atoms with E-state index in [0.29, 0.717) is 12.6 Å². The maximum atomic E-state index is 5.87. The van der Waals surface area contributed by atoms with Crippen LogP contribution in [0.25, 0.3) is 0 Å². The van der Waals surface area contributed by atoms with Crippen LogP contribution in [0.15, 0.2) is 18.2 Å². The van der Waals surface area contributed by atoms with Crippen LogP contribution in [0.4, 0.5) is 5.69 Å². The number of rotatable bonds is 4. The fraction of sp³-hybridized carbons (Fsp3) is 0.600. The van der Waals surface area contributed by atoms with Gasteiger partial charge < -0.3 is 20.3 Å². The average molecular weight is 263 g/mol. The molecule has 0 saturated carbocycles. The minimum Gasteiger partial charge on any atom is -0.497 e. The summed E-state index contributed by atoms with van der Waals surface area (Å²) in [5.41, 5.74) is 8.29. The molecule has 2 rings (SSSR count). The molecule has 4 heteroatoms. The second-order valence-corrected chi connectivity index (χ2v) is 5.40. The first-order chi connectivity index (χ1) is 9.15. The van der Waals surface area contributed by atoms with Crippen molar-refractivity contribution < 1.29 is 4.74 Å². The van der Waals surface area contributed by atoms with Crippen molar-refractivity contribution >= 4 is 5.69 Å². The summed E-state index contributed by atoms with van der Waals surface area (Å²) in [4.78, 5) is 4.76. The standard InChI is InChI=1S/C15H25N3O/c1-17(2)13-5-4-8-18(11-13)15-9-14(19-3)7-6-12(15)10-16/h6-7,9,13H,4-5,8,10-11,16H2,1-3H3. The Kier molecular flexibility index (Phi) is 4.66. The van der Waals surface area contributed by atoms with Crippen LogP contribution in [0.1, 0.15) is 18.4 Å². The first-order valence-electron chi connectivity index (χ1n) is 6.94. The fourth-order valence-electron chi connectivity index (χ4n) is 2.73. The topological polar surface area (TPSA) is 41.7 Å². The highest BCUT2D eigenvalue weighted by Gasteiger charge is 2.23. The molecule has 19 heavy (non-hydrogen) atoms. The van der Waals surface area contributed by atoms with Gasteiger partial charge >= 0.3 is 0 Å². The van der Waals surface area contributed by atoms with Gasteiger partial charge in [0.15, 0.2) is 0 Å². The van der Waals surface area contributed by atoms with Gasteiger partial charge in [0.1, 0.15) is 5.75 Å². The molecule has 4 nitrogen and oxygen atoms in total. The highest BCUT2D eigenvalue weighted by Crippen LogP contribution is 2.29. The van der Waals surface area contributed by atoms with Crippen LogP contribution >= 0.6 is 0 Å². The quantitative estimate of drug-likeness (QED) is 0.897. The minimum absolute atomic E-state index is 0.572. The SMILES string of the molecule is COc1ccc(CN)c(N2CCCC(N(C)C)C2)c1. The van der Waals surface area contributed by atoms with E-state index in [-0.39, 0.29) is 0 Å². The molecule has 1 aromatic carbocycles. The number of hydrogen-bond acceptors (Lipinski definition) is 4. The van der Waals surface area contributed by atoms with Gasteiger partial charge in [-0.25, -0.2) is 0 Å². The number of hydrogen-bond donors (Lipinski definition) is 1. The fourth-order valence-corrected chi connectivity index (χ4v) is 2.73. The molecule has 1 saturated heterocycles. The third-order valence-electron chi connectivity index (χ3n) is 3.98. The van der Waals surface area contributed by atoms with Gasteiger partial charge in [0, 0.05) is 37.4 Å². The van der Waals surface area contributed by atoms with Crippen LogP contribution in [0.3, 0.4) is 0 Å². The third kappa shape index (κ3) is 3.19. The maximum Gasteiger partial charge on any atom is 0.120 e. The van der Waals surface area contributed by atoms with E-state index in [1.807, 2.05) is 6.07 Å². The Hall–Kier alpha value is -1.26. The van der Waals surface area contributed by atoms with E-state index in [4.69, 9.17) is 10.5 Å². The highest BCUT2D eigenvalue weighted by molar-refractivity contribution is 5.57. The Bertz CT molecular complexity index is 420. The van der Waals surface area contributed by atoms with Crippen LogP contribution in [0, 0.1) is 0 Å². The molecule has 106 valence electrons. The van der Waals surface area contributed by atoms with Crippen molar-refractivity contribution in [3.63, 3.8) is 0 Å². The van der Waals surface area contributed by atoms with E-state index < -0.39 is 0 Å². The molecule has 1 atom stereocenters. The number of benzene rings is 1. The van der Waals surface area contributed by atoms with Crippen LogP contribution in [0.5, 0.6) is 5.75 Å². The summed E-state index contributed by atoms with van der Waals surface area (Å²) in [6.45, 7) is 2.74. The summed E-state index contributed by atoms with van der Waals surface area (Å²) in [5, 5.41) is 0. The molecule has 0 aromatic heterocycles. The molecule has 1 fully saturated rings. The third-order valence-corrected chi connectivity index (χ3v) is 3.98. The van der Waals surface area contributed by atoms with Gasteiger partial charge in [-0.15, -0.1) is 0 Å². The molecule has 0 radical (unpaired) electrons. The smallest absolute Gasteiger partial charge is 0.120 e. The second kappa shape index (κ2) is 6.26. The number of nitrogens with zero attached hydrogens (tertiary/aromatic N) is 2. The van der Waals surface area contributed by atoms with Crippen molar-refractivity contribution in [1.82, 2.24) is 4.90 Å². The Morgan fingerprint density at radius 3 is 2.84 bits per heavy atom. The van der Waals surface area contributed by atoms with E-state index in [2.05, 4.69) is 36.0 Å². The Balaban J connectivity index is 2.24. The summed E-state index contributed by atoms with van der Waals surface area (Å²) < 4.78 is 5.34. The van der Waals surface area contributed by atoms with Gasteiger partial charge in [-0.05, 0) is 38.6 Å². The predicted octanol–water partition coefficient (Wildman–Crippen LogP) is 1.68. The summed E-state index contributed by atoms with van der Waals surface area (Å²) in [5.74, 6) is 0.902. The average Bonchev–Trinajstić information content (AvgIpc) is 2.46. The van der Waals surface area contributed by atoms with Gasteiger partial charge in [0.05, 0.1) is 7.11 Å². The van der Waals surface area contributed by atoms with Crippen LogP contribution < -0.4 is 15.4 Å². The van der Waals surface area contributed by atoms with Gasteiger partial charge in [0.2, 0.25) is 0 Å². The number of ether oxygens (including phenoxy) is 1. The molecule has 0 bridgehead atoms. The largest absolute Gasteiger partial charge is 0.497 e. The lowest BCUT2D eigenvalue weighted by atomic mass is 10.0. The van der Waals surface area contributed by atoms with Crippen molar-refractivity contribution in [2.75, 3.05) is 39.2 Å². The van der Waals surface area contributed by atoms with Crippen molar-refractivity contribution in [2.24, 2.45) is 5.73 Å². The van der Waals surface area contributed by atoms with E-state index in [9.17, 15) is 0 Å². The zero-order valence-electron chi connectivity index (χ0n) is 12.2. The summed E-state index contributed by atoms with van der Waals surface area (Å²) in [6, 6.07) is 6.79. The van der Waals surface area contributed by atoms with Crippen LogP contribution in [-0.2, 0) is 6.54 Å². The van der Waals surface area contributed by atoms with Gasteiger partial charge in [0.25, 0.3) is 0 Å². The van der Waals surface area contributed by atoms with E-state index in [1.54, 1.807) is 7.11 Å². The molecule has 0 aliphatic carbocycles. The molecule has 0 amide bonds. The zero-order chi connectivity index (χ0) is 13.8. The maximum absolute atomic E-state index is 5.87. The number of piperidine rings is 1. The molecule has 1 aliphatic rings. The first kappa shape index (κ1) is 14.2. The lowest BCUT2D eigenvalue weighted by Crippen LogP contribution is -2.45. The van der Waals surface area contributed by atoms with E-state index in [1.165, 1.54) is 24.1 Å². The molecule has 0 spiro atoms. The van der Waals surface area contributed by atoms with Crippen molar-refractivity contribution in [3.8, 4) is 5.75 Å². The Morgan fingerprint density at radius 1 is 1.42 bits per heavy atom. The summed E-state index contributed by atoms with van der Waals surface area (Å²) in [7, 11) is 6.02.